The highest BCUT2D eigenvalue weighted by Gasteiger charge is 2.11. The van der Waals surface area contributed by atoms with Crippen LogP contribution in [0.3, 0.4) is 0 Å². The van der Waals surface area contributed by atoms with Crippen LogP contribution in [0.2, 0.25) is 5.02 Å². The lowest BCUT2D eigenvalue weighted by molar-refractivity contribution is 0.0687. The lowest BCUT2D eigenvalue weighted by Crippen LogP contribution is -2.03. The number of carboxylic acid groups (broad SMARTS) is 2. The fourth-order valence-corrected chi connectivity index (χ4v) is 3.38. The molecule has 33 heavy (non-hydrogen) atoms. The van der Waals surface area contributed by atoms with Crippen molar-refractivity contribution in [3.8, 4) is 11.1 Å². The zero-order valence-electron chi connectivity index (χ0n) is 17.8. The van der Waals surface area contributed by atoms with E-state index in [0.717, 1.165) is 22.4 Å². The number of hydrogen-bond acceptors (Lipinski definition) is 3. The van der Waals surface area contributed by atoms with Gasteiger partial charge in [0.15, 0.2) is 0 Å². The molecule has 6 heteroatoms. The molecule has 0 aliphatic heterocycles. The molecule has 0 radical (unpaired) electrons. The lowest BCUT2D eigenvalue weighted by Gasteiger charge is -2.12. The Kier molecular flexibility index (Phi) is 7.84. The fraction of sp³-hybridized carbons (Fsp3) is 0.0370. The van der Waals surface area contributed by atoms with Crippen LogP contribution in [-0.2, 0) is 0 Å². The zero-order valence-corrected chi connectivity index (χ0v) is 18.6. The molecule has 0 amide bonds. The van der Waals surface area contributed by atoms with Crippen LogP contribution in [-0.4, -0.2) is 22.2 Å². The monoisotopic (exact) mass is 459 g/mol. The van der Waals surface area contributed by atoms with Crippen molar-refractivity contribution in [3.05, 3.63) is 119 Å². The molecule has 0 saturated heterocycles. The number of halogens is 1. The van der Waals surface area contributed by atoms with E-state index < -0.39 is 11.9 Å². The van der Waals surface area contributed by atoms with Crippen LogP contribution in [0, 0.1) is 6.92 Å². The summed E-state index contributed by atoms with van der Waals surface area (Å²) in [7, 11) is 0. The smallest absolute Gasteiger partial charge is 0.337 e. The first kappa shape index (κ1) is 23.6. The fourth-order valence-electron chi connectivity index (χ4n) is 3.21. The first-order valence-corrected chi connectivity index (χ1v) is 10.5. The summed E-state index contributed by atoms with van der Waals surface area (Å²) in [6.45, 7) is 1.88. The molecule has 0 saturated carbocycles. The van der Waals surface area contributed by atoms with E-state index in [-0.39, 0.29) is 5.56 Å². The summed E-state index contributed by atoms with van der Waals surface area (Å²) in [5, 5.41) is 21.9. The van der Waals surface area contributed by atoms with Crippen molar-refractivity contribution >= 4 is 34.9 Å². The topological polar surface area (TPSA) is 86.6 Å². The van der Waals surface area contributed by atoms with Gasteiger partial charge in [-0.25, -0.2) is 9.59 Å². The molecule has 0 unspecified atom stereocenters. The highest BCUT2D eigenvalue weighted by atomic mass is 35.5. The molecular formula is C27H22ClNO4. The molecule has 4 rings (SSSR count). The maximum absolute atomic E-state index is 11.1. The standard InChI is InChI=1S/C14H12ClNO2.C13H10O2/c1-9-11(15)6-4-8-12(9)16-13-7-3-2-5-10(13)14(17)18;14-13(15)12-9-5-4-8-11(12)10-6-2-1-3-7-10/h2-8,16H,1H3,(H,17,18);1-9H,(H,14,15). The van der Waals surface area contributed by atoms with Crippen LogP contribution in [0.4, 0.5) is 11.4 Å². The average Bonchev–Trinajstić information content (AvgIpc) is 2.83. The van der Waals surface area contributed by atoms with Crippen molar-refractivity contribution < 1.29 is 19.8 Å². The summed E-state index contributed by atoms with van der Waals surface area (Å²) in [5.41, 5.74) is 4.49. The summed E-state index contributed by atoms with van der Waals surface area (Å²) in [4.78, 5) is 22.1. The normalized spacial score (nSPS) is 10.0. The third-order valence-electron chi connectivity index (χ3n) is 4.94. The maximum Gasteiger partial charge on any atom is 0.337 e. The van der Waals surface area contributed by atoms with Crippen molar-refractivity contribution in [1.82, 2.24) is 0 Å². The highest BCUT2D eigenvalue weighted by molar-refractivity contribution is 6.31. The molecule has 0 aromatic heterocycles. The Bertz CT molecular complexity index is 1270. The van der Waals surface area contributed by atoms with Gasteiger partial charge in [0, 0.05) is 10.7 Å². The second-order valence-electron chi connectivity index (χ2n) is 7.10. The van der Waals surface area contributed by atoms with E-state index in [9.17, 15) is 9.59 Å². The summed E-state index contributed by atoms with van der Waals surface area (Å²) in [6, 6.07) is 28.8. The van der Waals surface area contributed by atoms with E-state index >= 15 is 0 Å². The molecule has 0 aliphatic carbocycles. The minimum atomic E-state index is -0.960. The van der Waals surface area contributed by atoms with Gasteiger partial charge in [0.1, 0.15) is 0 Å². The summed E-state index contributed by atoms with van der Waals surface area (Å²) >= 11 is 6.03. The number of rotatable bonds is 5. The zero-order chi connectivity index (χ0) is 23.8. The van der Waals surface area contributed by atoms with Crippen LogP contribution < -0.4 is 5.32 Å². The highest BCUT2D eigenvalue weighted by Crippen LogP contribution is 2.27. The number of anilines is 2. The average molecular weight is 460 g/mol. The van der Waals surface area contributed by atoms with Gasteiger partial charge in [-0.05, 0) is 53.9 Å². The van der Waals surface area contributed by atoms with Crippen molar-refractivity contribution in [2.24, 2.45) is 0 Å². The molecule has 166 valence electrons. The van der Waals surface area contributed by atoms with Gasteiger partial charge in [0.2, 0.25) is 0 Å². The third-order valence-corrected chi connectivity index (χ3v) is 5.35. The van der Waals surface area contributed by atoms with Crippen LogP contribution in [0.1, 0.15) is 26.3 Å². The van der Waals surface area contributed by atoms with E-state index in [0.29, 0.717) is 16.3 Å². The van der Waals surface area contributed by atoms with Crippen molar-refractivity contribution in [2.45, 2.75) is 6.92 Å². The Hall–Kier alpha value is -4.09. The second kappa shape index (κ2) is 11.0. The van der Waals surface area contributed by atoms with Crippen LogP contribution in [0.25, 0.3) is 11.1 Å². The Morgan fingerprint density at radius 3 is 1.88 bits per heavy atom. The van der Waals surface area contributed by atoms with E-state index in [4.69, 9.17) is 21.8 Å². The number of carboxylic acids is 2. The molecule has 3 N–H and O–H groups in total. The molecule has 0 heterocycles. The summed E-state index contributed by atoms with van der Waals surface area (Å²) in [5.74, 6) is -1.85. The van der Waals surface area contributed by atoms with Crippen LogP contribution >= 0.6 is 11.6 Å². The lowest BCUT2D eigenvalue weighted by atomic mass is 10.00. The predicted octanol–water partition coefficient (Wildman–Crippen LogP) is 7.14. The van der Waals surface area contributed by atoms with Crippen molar-refractivity contribution in [1.29, 1.82) is 0 Å². The molecule has 0 atom stereocenters. The van der Waals surface area contributed by atoms with E-state index in [1.54, 1.807) is 42.5 Å². The molecule has 4 aromatic rings. The van der Waals surface area contributed by atoms with E-state index in [1.165, 1.54) is 0 Å². The SMILES string of the molecule is Cc1c(Cl)cccc1Nc1ccccc1C(=O)O.O=C(O)c1ccccc1-c1ccccc1. The molecule has 0 spiro atoms. The van der Waals surface area contributed by atoms with Gasteiger partial charge in [-0.1, -0.05) is 78.3 Å². The number of para-hydroxylation sites is 1. The maximum atomic E-state index is 11.1. The van der Waals surface area contributed by atoms with Gasteiger partial charge >= 0.3 is 11.9 Å². The van der Waals surface area contributed by atoms with Gasteiger partial charge in [-0.3, -0.25) is 0 Å². The second-order valence-corrected chi connectivity index (χ2v) is 7.51. The quantitative estimate of drug-likeness (QED) is 0.295. The first-order chi connectivity index (χ1) is 15.9. The predicted molar refractivity (Wildman–Crippen MR) is 132 cm³/mol. The van der Waals surface area contributed by atoms with Gasteiger partial charge in [0.05, 0.1) is 16.8 Å². The van der Waals surface area contributed by atoms with Crippen LogP contribution in [0.15, 0.2) is 97.1 Å². The number of aromatic carboxylic acids is 2. The molecule has 0 aliphatic rings. The third kappa shape index (κ3) is 5.99. The minimum Gasteiger partial charge on any atom is -0.478 e. The number of hydrogen-bond donors (Lipinski definition) is 3. The van der Waals surface area contributed by atoms with Crippen molar-refractivity contribution in [2.75, 3.05) is 5.32 Å². The molecular weight excluding hydrogens is 438 g/mol. The van der Waals surface area contributed by atoms with Gasteiger partial charge in [-0.2, -0.15) is 0 Å². The van der Waals surface area contributed by atoms with E-state index in [2.05, 4.69) is 5.32 Å². The van der Waals surface area contributed by atoms with Gasteiger partial charge in [0.25, 0.3) is 0 Å². The minimum absolute atomic E-state index is 0.233. The van der Waals surface area contributed by atoms with Crippen molar-refractivity contribution in [3.63, 3.8) is 0 Å². The number of carbonyl (C=O) groups is 2. The molecule has 0 bridgehead atoms. The first-order valence-electron chi connectivity index (χ1n) is 10.1. The Morgan fingerprint density at radius 2 is 1.21 bits per heavy atom. The van der Waals surface area contributed by atoms with Gasteiger partial charge in [-0.15, -0.1) is 0 Å². The number of nitrogens with one attached hydrogen (secondary N) is 1. The van der Waals surface area contributed by atoms with Crippen LogP contribution in [0.5, 0.6) is 0 Å². The summed E-state index contributed by atoms with van der Waals surface area (Å²) in [6.07, 6.45) is 0. The molecule has 4 aromatic carbocycles. The van der Waals surface area contributed by atoms with E-state index in [1.807, 2.05) is 61.5 Å². The van der Waals surface area contributed by atoms with Gasteiger partial charge < -0.3 is 15.5 Å². The Labute approximate surface area is 196 Å². The Morgan fingerprint density at radius 1 is 0.667 bits per heavy atom. The largest absolute Gasteiger partial charge is 0.478 e. The molecule has 5 nitrogen and oxygen atoms in total. The Balaban J connectivity index is 0.000000189. The summed E-state index contributed by atoms with van der Waals surface area (Å²) < 4.78 is 0. The molecule has 0 fully saturated rings. The number of benzene rings is 4.